The third kappa shape index (κ3) is 6.20. The fourth-order valence-electron chi connectivity index (χ4n) is 2.14. The largest absolute Gasteiger partial charge is 0.469 e. The summed E-state index contributed by atoms with van der Waals surface area (Å²) in [4.78, 5) is 41.7. The smallest absolute Gasteiger partial charge is 0.311 e. The molecular formula is C17H18ClN3O4S. The van der Waals surface area contributed by atoms with E-state index in [0.717, 1.165) is 17.3 Å². The number of rotatable bonds is 7. The number of hydrogen-bond acceptors (Lipinski definition) is 6. The molecule has 1 amide bonds. The molecule has 0 fully saturated rings. The van der Waals surface area contributed by atoms with E-state index in [1.54, 1.807) is 12.1 Å². The topological polar surface area (TPSA) is 101 Å². The van der Waals surface area contributed by atoms with Gasteiger partial charge in [-0.2, -0.15) is 0 Å². The van der Waals surface area contributed by atoms with Crippen molar-refractivity contribution in [2.45, 2.75) is 24.5 Å². The molecule has 1 heterocycles. The molecule has 2 aromatic rings. The molecule has 1 aromatic heterocycles. The second-order valence-electron chi connectivity index (χ2n) is 5.43. The van der Waals surface area contributed by atoms with Crippen LogP contribution in [0.2, 0.25) is 5.02 Å². The van der Waals surface area contributed by atoms with Gasteiger partial charge in [-0.25, -0.2) is 4.98 Å². The van der Waals surface area contributed by atoms with Crippen LogP contribution in [0.25, 0.3) is 0 Å². The monoisotopic (exact) mass is 395 g/mol. The van der Waals surface area contributed by atoms with Crippen LogP contribution in [0.4, 0.5) is 0 Å². The maximum Gasteiger partial charge on any atom is 0.311 e. The van der Waals surface area contributed by atoms with Crippen molar-refractivity contribution in [2.75, 3.05) is 12.9 Å². The van der Waals surface area contributed by atoms with E-state index in [-0.39, 0.29) is 35.0 Å². The summed E-state index contributed by atoms with van der Waals surface area (Å²) in [5.74, 6) is -0.647. The number of amides is 1. The van der Waals surface area contributed by atoms with E-state index in [0.29, 0.717) is 5.02 Å². The maximum absolute atomic E-state index is 12.1. The Bertz CT molecular complexity index is 856. The minimum Gasteiger partial charge on any atom is -0.469 e. The number of carbonyl (C=O) groups is 2. The summed E-state index contributed by atoms with van der Waals surface area (Å²) in [6.45, 7) is 1.85. The Morgan fingerprint density at radius 3 is 2.85 bits per heavy atom. The van der Waals surface area contributed by atoms with E-state index in [1.165, 1.54) is 13.2 Å². The number of esters is 1. The van der Waals surface area contributed by atoms with Gasteiger partial charge in [-0.05, 0) is 24.6 Å². The molecule has 0 radical (unpaired) electrons. The van der Waals surface area contributed by atoms with Gasteiger partial charge in [0, 0.05) is 11.1 Å². The number of ether oxygens (including phenoxy) is 1. The van der Waals surface area contributed by atoms with Crippen molar-refractivity contribution >= 4 is 35.2 Å². The van der Waals surface area contributed by atoms with E-state index in [2.05, 4.69) is 20.0 Å². The molecule has 26 heavy (non-hydrogen) atoms. The van der Waals surface area contributed by atoms with Crippen molar-refractivity contribution in [2.24, 2.45) is 0 Å². The van der Waals surface area contributed by atoms with Gasteiger partial charge in [0.15, 0.2) is 5.16 Å². The normalized spacial score (nSPS) is 11.7. The molecule has 2 N–H and O–H groups in total. The van der Waals surface area contributed by atoms with Gasteiger partial charge in [0.05, 0.1) is 31.0 Å². The summed E-state index contributed by atoms with van der Waals surface area (Å²) in [5, 5.41) is 3.72. The summed E-state index contributed by atoms with van der Waals surface area (Å²) in [6.07, 6.45) is -0.105. The zero-order valence-corrected chi connectivity index (χ0v) is 15.8. The Kier molecular flexibility index (Phi) is 7.23. The summed E-state index contributed by atoms with van der Waals surface area (Å²) < 4.78 is 4.55. The quantitative estimate of drug-likeness (QED) is 0.423. The van der Waals surface area contributed by atoms with Crippen molar-refractivity contribution in [3.63, 3.8) is 0 Å². The van der Waals surface area contributed by atoms with E-state index < -0.39 is 11.5 Å². The van der Waals surface area contributed by atoms with Gasteiger partial charge in [-0.3, -0.25) is 14.4 Å². The lowest BCUT2D eigenvalue weighted by atomic mass is 10.1. The van der Waals surface area contributed by atoms with Gasteiger partial charge in [0.2, 0.25) is 5.91 Å². The zero-order valence-electron chi connectivity index (χ0n) is 14.2. The Labute approximate surface area is 159 Å². The Hall–Kier alpha value is -2.32. The highest BCUT2D eigenvalue weighted by atomic mass is 35.5. The summed E-state index contributed by atoms with van der Waals surface area (Å²) >= 11 is 7.03. The number of thioether (sulfide) groups is 1. The van der Waals surface area contributed by atoms with Crippen molar-refractivity contribution in [1.29, 1.82) is 0 Å². The van der Waals surface area contributed by atoms with E-state index in [4.69, 9.17) is 11.6 Å². The molecule has 0 unspecified atom stereocenters. The molecule has 1 atom stereocenters. The summed E-state index contributed by atoms with van der Waals surface area (Å²) in [5.41, 5.74) is 0.785. The standard InChI is InChI=1S/C17H18ClN3O4S/c1-10(11-4-3-5-12(18)6-11)19-15(23)9-26-17-20-13(7-14(22)21-17)8-16(24)25-2/h3-7,10H,8-9H2,1-2H3,(H,19,23)(H,20,21,22)/t10-/m1/s1. The van der Waals surface area contributed by atoms with Gasteiger partial charge in [-0.15, -0.1) is 0 Å². The first kappa shape index (κ1) is 20.0. The summed E-state index contributed by atoms with van der Waals surface area (Å²) in [6, 6.07) is 8.26. The van der Waals surface area contributed by atoms with Gasteiger partial charge >= 0.3 is 5.97 Å². The maximum atomic E-state index is 12.1. The van der Waals surface area contributed by atoms with Crippen LogP contribution >= 0.6 is 23.4 Å². The molecule has 0 aliphatic carbocycles. The number of aromatic amines is 1. The van der Waals surface area contributed by atoms with Crippen LogP contribution in [0.15, 0.2) is 40.3 Å². The molecule has 138 valence electrons. The molecule has 2 rings (SSSR count). The SMILES string of the molecule is COC(=O)Cc1cc(=O)[nH]c(SCC(=O)N[C@H](C)c2cccc(Cl)c2)n1. The highest BCUT2D eigenvalue weighted by molar-refractivity contribution is 7.99. The molecular weight excluding hydrogens is 378 g/mol. The number of halogens is 1. The van der Waals surface area contributed by atoms with Gasteiger partial charge in [0.25, 0.3) is 5.56 Å². The molecule has 0 aliphatic heterocycles. The van der Waals surface area contributed by atoms with Crippen molar-refractivity contribution < 1.29 is 14.3 Å². The molecule has 7 nitrogen and oxygen atoms in total. The molecule has 9 heteroatoms. The number of benzene rings is 1. The van der Waals surface area contributed by atoms with Crippen LogP contribution in [-0.2, 0) is 20.7 Å². The van der Waals surface area contributed by atoms with Crippen LogP contribution in [0.5, 0.6) is 0 Å². The molecule has 0 bridgehead atoms. The number of aromatic nitrogens is 2. The molecule has 0 saturated heterocycles. The average molecular weight is 396 g/mol. The fourth-order valence-corrected chi connectivity index (χ4v) is 3.04. The third-order valence-corrected chi connectivity index (χ3v) is 4.50. The second kappa shape index (κ2) is 9.40. The molecule has 0 saturated carbocycles. The van der Waals surface area contributed by atoms with Gasteiger partial charge < -0.3 is 15.0 Å². The number of H-pyrrole nitrogens is 1. The minimum absolute atomic E-state index is 0.0650. The second-order valence-corrected chi connectivity index (χ2v) is 6.83. The number of nitrogens with zero attached hydrogens (tertiary/aromatic N) is 1. The van der Waals surface area contributed by atoms with Gasteiger partial charge in [0.1, 0.15) is 0 Å². The number of nitrogens with one attached hydrogen (secondary N) is 2. The number of methoxy groups -OCH3 is 1. The molecule has 0 spiro atoms. The Balaban J connectivity index is 1.94. The van der Waals surface area contributed by atoms with E-state index in [1.807, 2.05) is 19.1 Å². The van der Waals surface area contributed by atoms with E-state index >= 15 is 0 Å². The third-order valence-electron chi connectivity index (χ3n) is 3.39. The van der Waals surface area contributed by atoms with Crippen LogP contribution in [0.3, 0.4) is 0 Å². The predicted octanol–water partition coefficient (Wildman–Crippen LogP) is 2.11. The Morgan fingerprint density at radius 1 is 1.38 bits per heavy atom. The Morgan fingerprint density at radius 2 is 2.15 bits per heavy atom. The highest BCUT2D eigenvalue weighted by Crippen LogP contribution is 2.18. The fraction of sp³-hybridized carbons (Fsp3) is 0.294. The predicted molar refractivity (Wildman–Crippen MR) is 99.3 cm³/mol. The lowest BCUT2D eigenvalue weighted by Crippen LogP contribution is -2.28. The van der Waals surface area contributed by atoms with Crippen LogP contribution in [0.1, 0.15) is 24.2 Å². The molecule has 0 aliphatic rings. The van der Waals surface area contributed by atoms with Crippen molar-refractivity contribution in [3.05, 3.63) is 57.0 Å². The highest BCUT2D eigenvalue weighted by Gasteiger charge is 2.12. The first-order chi connectivity index (χ1) is 12.4. The van der Waals surface area contributed by atoms with Gasteiger partial charge in [-0.1, -0.05) is 35.5 Å². The number of carbonyl (C=O) groups excluding carboxylic acids is 2. The first-order valence-corrected chi connectivity index (χ1v) is 9.08. The number of hydrogen-bond donors (Lipinski definition) is 2. The average Bonchev–Trinajstić information content (AvgIpc) is 2.59. The van der Waals surface area contributed by atoms with Crippen LogP contribution in [0, 0.1) is 0 Å². The van der Waals surface area contributed by atoms with Crippen molar-refractivity contribution in [1.82, 2.24) is 15.3 Å². The minimum atomic E-state index is -0.493. The van der Waals surface area contributed by atoms with Crippen LogP contribution in [-0.4, -0.2) is 34.7 Å². The van der Waals surface area contributed by atoms with Crippen molar-refractivity contribution in [3.8, 4) is 0 Å². The van der Waals surface area contributed by atoms with E-state index in [9.17, 15) is 14.4 Å². The zero-order chi connectivity index (χ0) is 19.1. The molecule has 1 aromatic carbocycles. The van der Waals surface area contributed by atoms with Crippen LogP contribution < -0.4 is 10.9 Å². The lowest BCUT2D eigenvalue weighted by Gasteiger charge is -2.14. The lowest BCUT2D eigenvalue weighted by molar-refractivity contribution is -0.139. The summed E-state index contributed by atoms with van der Waals surface area (Å²) in [7, 11) is 1.26. The first-order valence-electron chi connectivity index (χ1n) is 7.72.